The number of anilines is 1. The summed E-state index contributed by atoms with van der Waals surface area (Å²) in [7, 11) is 0. The molecule has 19 heavy (non-hydrogen) atoms. The second-order valence-corrected chi connectivity index (χ2v) is 5.59. The molecule has 96 valence electrons. The normalized spacial score (nSPS) is 16.1. The predicted octanol–water partition coefficient (Wildman–Crippen LogP) is 3.29. The summed E-state index contributed by atoms with van der Waals surface area (Å²) in [6, 6.07) is 8.21. The van der Waals surface area contributed by atoms with Gasteiger partial charge in [-0.1, -0.05) is 12.1 Å². The lowest BCUT2D eigenvalue weighted by molar-refractivity contribution is -0.119. The van der Waals surface area contributed by atoms with Crippen molar-refractivity contribution >= 4 is 11.6 Å². The van der Waals surface area contributed by atoms with Crippen molar-refractivity contribution in [1.82, 2.24) is 4.98 Å². The fourth-order valence-corrected chi connectivity index (χ4v) is 2.49. The molecule has 0 spiro atoms. The Balaban J connectivity index is 2.10. The minimum atomic E-state index is -0.446. The van der Waals surface area contributed by atoms with Gasteiger partial charge in [0.1, 0.15) is 0 Å². The molecule has 3 rings (SSSR count). The van der Waals surface area contributed by atoms with Crippen molar-refractivity contribution in [2.45, 2.75) is 26.2 Å². The van der Waals surface area contributed by atoms with Crippen LogP contribution in [0.3, 0.4) is 0 Å². The van der Waals surface area contributed by atoms with Crippen molar-refractivity contribution in [2.24, 2.45) is 0 Å². The molecule has 1 aromatic heterocycles. The minimum Gasteiger partial charge on any atom is -0.325 e. The lowest BCUT2D eigenvalue weighted by Crippen LogP contribution is -2.26. The van der Waals surface area contributed by atoms with E-state index in [0.29, 0.717) is 0 Å². The maximum Gasteiger partial charge on any atom is 0.234 e. The zero-order chi connectivity index (χ0) is 13.6. The highest BCUT2D eigenvalue weighted by molar-refractivity contribution is 6.06. The van der Waals surface area contributed by atoms with Crippen LogP contribution in [-0.4, -0.2) is 10.9 Å². The van der Waals surface area contributed by atoms with Gasteiger partial charge in [0.05, 0.1) is 5.41 Å². The summed E-state index contributed by atoms with van der Waals surface area (Å²) >= 11 is 0. The molecule has 3 nitrogen and oxygen atoms in total. The van der Waals surface area contributed by atoms with Gasteiger partial charge in [-0.15, -0.1) is 0 Å². The number of hydrogen-bond donors (Lipinski definition) is 1. The maximum atomic E-state index is 11.9. The summed E-state index contributed by atoms with van der Waals surface area (Å²) in [5.74, 6) is 0.0574. The zero-order valence-corrected chi connectivity index (χ0v) is 11.3. The molecule has 0 atom stereocenters. The first-order chi connectivity index (χ1) is 8.98. The summed E-state index contributed by atoms with van der Waals surface area (Å²) < 4.78 is 0. The third-order valence-electron chi connectivity index (χ3n) is 3.72. The van der Waals surface area contributed by atoms with Crippen LogP contribution in [0, 0.1) is 6.92 Å². The van der Waals surface area contributed by atoms with Crippen LogP contribution in [0.2, 0.25) is 0 Å². The van der Waals surface area contributed by atoms with Crippen molar-refractivity contribution in [3.63, 3.8) is 0 Å². The molecule has 0 aliphatic carbocycles. The van der Waals surface area contributed by atoms with Crippen LogP contribution >= 0.6 is 0 Å². The summed E-state index contributed by atoms with van der Waals surface area (Å²) in [6.45, 7) is 5.92. The average molecular weight is 252 g/mol. The number of carbonyl (C=O) groups excluding carboxylic acids is 1. The summed E-state index contributed by atoms with van der Waals surface area (Å²) in [5, 5.41) is 2.95. The standard InChI is InChI=1S/C16H16N2O/c1-10-6-12(9-17-8-10)11-4-5-13-14(7-11)18-15(19)16(13,2)3/h4-9H,1-3H3,(H,18,19). The second kappa shape index (κ2) is 3.92. The summed E-state index contributed by atoms with van der Waals surface area (Å²) in [4.78, 5) is 16.1. The van der Waals surface area contributed by atoms with Crippen LogP contribution in [0.5, 0.6) is 0 Å². The Hall–Kier alpha value is -2.16. The summed E-state index contributed by atoms with van der Waals surface area (Å²) in [5.41, 5.74) is 4.80. The van der Waals surface area contributed by atoms with E-state index in [4.69, 9.17) is 0 Å². The first kappa shape index (κ1) is 11.9. The van der Waals surface area contributed by atoms with Crippen LogP contribution in [0.25, 0.3) is 11.1 Å². The van der Waals surface area contributed by atoms with E-state index in [1.165, 1.54) is 0 Å². The van der Waals surface area contributed by atoms with E-state index in [1.807, 2.05) is 45.3 Å². The van der Waals surface area contributed by atoms with Gasteiger partial charge < -0.3 is 5.32 Å². The van der Waals surface area contributed by atoms with Crippen molar-refractivity contribution in [1.29, 1.82) is 0 Å². The van der Waals surface area contributed by atoms with E-state index in [2.05, 4.69) is 22.4 Å². The number of benzene rings is 1. The number of pyridine rings is 1. The lowest BCUT2D eigenvalue weighted by atomic mass is 9.85. The highest BCUT2D eigenvalue weighted by Gasteiger charge is 2.38. The van der Waals surface area contributed by atoms with E-state index in [-0.39, 0.29) is 5.91 Å². The number of nitrogens with one attached hydrogen (secondary N) is 1. The van der Waals surface area contributed by atoms with Crippen LogP contribution in [0.1, 0.15) is 25.0 Å². The molecule has 1 aliphatic heterocycles. The van der Waals surface area contributed by atoms with Crippen molar-refractivity contribution < 1.29 is 4.79 Å². The minimum absolute atomic E-state index is 0.0574. The molecule has 0 fully saturated rings. The number of hydrogen-bond acceptors (Lipinski definition) is 2. The van der Waals surface area contributed by atoms with Crippen molar-refractivity contribution in [2.75, 3.05) is 5.32 Å². The number of aromatic nitrogens is 1. The topological polar surface area (TPSA) is 42.0 Å². The largest absolute Gasteiger partial charge is 0.325 e. The molecule has 1 aliphatic rings. The molecule has 1 amide bonds. The van der Waals surface area contributed by atoms with Gasteiger partial charge in [-0.3, -0.25) is 9.78 Å². The second-order valence-electron chi connectivity index (χ2n) is 5.59. The Morgan fingerprint density at radius 2 is 1.89 bits per heavy atom. The van der Waals surface area contributed by atoms with E-state index < -0.39 is 5.41 Å². The van der Waals surface area contributed by atoms with Crippen LogP contribution in [-0.2, 0) is 10.2 Å². The molecule has 0 unspecified atom stereocenters. The molecule has 2 aromatic rings. The van der Waals surface area contributed by atoms with E-state index in [9.17, 15) is 4.79 Å². The van der Waals surface area contributed by atoms with Crippen molar-refractivity contribution in [3.05, 3.63) is 47.8 Å². The SMILES string of the molecule is Cc1cncc(-c2ccc3c(c2)NC(=O)C3(C)C)c1. The Labute approximate surface area is 112 Å². The van der Waals surface area contributed by atoms with Gasteiger partial charge in [0.15, 0.2) is 0 Å². The molecule has 3 heteroatoms. The molecule has 0 saturated heterocycles. The number of amides is 1. The van der Waals surface area contributed by atoms with Crippen molar-refractivity contribution in [3.8, 4) is 11.1 Å². The number of carbonyl (C=O) groups is 1. The molecule has 2 heterocycles. The van der Waals surface area contributed by atoms with Gasteiger partial charge in [0.25, 0.3) is 0 Å². The smallest absolute Gasteiger partial charge is 0.234 e. The van der Waals surface area contributed by atoms with E-state index in [0.717, 1.165) is 27.9 Å². The molecular formula is C16H16N2O. The number of aryl methyl sites for hydroxylation is 1. The lowest BCUT2D eigenvalue weighted by Gasteiger charge is -2.15. The molecule has 0 saturated carbocycles. The Kier molecular flexibility index (Phi) is 2.45. The fourth-order valence-electron chi connectivity index (χ4n) is 2.49. The van der Waals surface area contributed by atoms with Crippen LogP contribution < -0.4 is 5.32 Å². The molecule has 0 radical (unpaired) electrons. The third-order valence-corrected chi connectivity index (χ3v) is 3.72. The maximum absolute atomic E-state index is 11.9. The van der Waals surface area contributed by atoms with Gasteiger partial charge >= 0.3 is 0 Å². The van der Waals surface area contributed by atoms with Gasteiger partial charge in [0.2, 0.25) is 5.91 Å². The van der Waals surface area contributed by atoms with E-state index >= 15 is 0 Å². The predicted molar refractivity (Wildman–Crippen MR) is 76.1 cm³/mol. The molecule has 0 bridgehead atoms. The highest BCUT2D eigenvalue weighted by atomic mass is 16.2. The van der Waals surface area contributed by atoms with Gasteiger partial charge in [-0.2, -0.15) is 0 Å². The zero-order valence-electron chi connectivity index (χ0n) is 11.3. The third kappa shape index (κ3) is 1.82. The highest BCUT2D eigenvalue weighted by Crippen LogP contribution is 2.39. The molecule has 1 N–H and O–H groups in total. The molecular weight excluding hydrogens is 236 g/mol. The first-order valence-corrected chi connectivity index (χ1v) is 6.36. The van der Waals surface area contributed by atoms with Gasteiger partial charge in [0, 0.05) is 23.6 Å². The summed E-state index contributed by atoms with van der Waals surface area (Å²) in [6.07, 6.45) is 3.68. The molecule has 1 aromatic carbocycles. The van der Waals surface area contributed by atoms with Crippen LogP contribution in [0.15, 0.2) is 36.7 Å². The van der Waals surface area contributed by atoms with Crippen LogP contribution in [0.4, 0.5) is 5.69 Å². The number of fused-ring (bicyclic) bond motifs is 1. The average Bonchev–Trinajstić information content (AvgIpc) is 2.60. The quantitative estimate of drug-likeness (QED) is 0.846. The fraction of sp³-hybridized carbons (Fsp3) is 0.250. The Morgan fingerprint density at radius 1 is 1.11 bits per heavy atom. The first-order valence-electron chi connectivity index (χ1n) is 6.36. The van der Waals surface area contributed by atoms with Gasteiger partial charge in [-0.05, 0) is 49.6 Å². The Morgan fingerprint density at radius 3 is 2.63 bits per heavy atom. The Bertz CT molecular complexity index is 674. The monoisotopic (exact) mass is 252 g/mol. The van der Waals surface area contributed by atoms with E-state index in [1.54, 1.807) is 0 Å². The van der Waals surface area contributed by atoms with Gasteiger partial charge in [-0.25, -0.2) is 0 Å². The number of nitrogens with zero attached hydrogens (tertiary/aromatic N) is 1. The number of rotatable bonds is 1.